The zero-order valence-electron chi connectivity index (χ0n) is 7.48. The molecular weight excluding hydrogens is 198 g/mol. The highest BCUT2D eigenvalue weighted by Crippen LogP contribution is 2.35. The fraction of sp³-hybridized carbons (Fsp3) is 0.333. The third-order valence-electron chi connectivity index (χ3n) is 2.35. The summed E-state index contributed by atoms with van der Waals surface area (Å²) in [5.41, 5.74) is 2.69. The highest BCUT2D eigenvalue weighted by Gasteiger charge is 2.22. The van der Waals surface area contributed by atoms with Crippen LogP contribution >= 0.6 is 18.5 Å². The Morgan fingerprint density at radius 1 is 1.00 bits per heavy atom. The van der Waals surface area contributed by atoms with Gasteiger partial charge in [0.25, 0.3) is 0 Å². The maximum atomic E-state index is 2.77. The molecule has 0 bridgehead atoms. The molecule has 0 saturated carbocycles. The van der Waals surface area contributed by atoms with Gasteiger partial charge in [0.1, 0.15) is 0 Å². The van der Waals surface area contributed by atoms with E-state index in [9.17, 15) is 0 Å². The number of fused-ring (bicyclic) bond motifs is 1. The van der Waals surface area contributed by atoms with Crippen molar-refractivity contribution in [1.29, 1.82) is 0 Å². The van der Waals surface area contributed by atoms with E-state index in [0.717, 1.165) is 19.2 Å². The summed E-state index contributed by atoms with van der Waals surface area (Å²) in [7, 11) is 5.55. The van der Waals surface area contributed by atoms with Gasteiger partial charge in [-0.3, -0.25) is 0 Å². The molecule has 0 radical (unpaired) electrons. The molecule has 2 atom stereocenters. The van der Waals surface area contributed by atoms with Crippen LogP contribution in [0.4, 0.5) is 11.4 Å². The van der Waals surface area contributed by atoms with Crippen LogP contribution in [-0.4, -0.2) is 19.2 Å². The van der Waals surface area contributed by atoms with Crippen molar-refractivity contribution in [3.8, 4) is 0 Å². The fourth-order valence-electron chi connectivity index (χ4n) is 1.67. The Bertz CT molecular complexity index is 274. The summed E-state index contributed by atoms with van der Waals surface area (Å²) in [6.45, 7) is 1.01. The van der Waals surface area contributed by atoms with Crippen molar-refractivity contribution in [3.63, 3.8) is 0 Å². The molecule has 0 fully saturated rings. The molecule has 2 nitrogen and oxygen atoms in total. The van der Waals surface area contributed by atoms with E-state index in [1.54, 1.807) is 0 Å². The number of para-hydroxylation sites is 2. The van der Waals surface area contributed by atoms with Crippen LogP contribution in [0.5, 0.6) is 0 Å². The fourth-order valence-corrected chi connectivity index (χ4v) is 2.29. The van der Waals surface area contributed by atoms with Crippen LogP contribution in [0.2, 0.25) is 0 Å². The molecule has 2 unspecified atom stereocenters. The van der Waals surface area contributed by atoms with Gasteiger partial charge in [0.2, 0.25) is 0 Å². The molecule has 0 amide bonds. The number of benzene rings is 1. The molecule has 1 aromatic carbocycles. The molecule has 2 rings (SSSR count). The molecule has 1 aliphatic rings. The van der Waals surface area contributed by atoms with Crippen LogP contribution in [0.15, 0.2) is 24.3 Å². The standard InChI is InChI=1S/C9H14N2P2/c12-6-10-5-11(7-13)9-4-2-1-3-8(9)10/h1-4H,5-7,12-13H2. The first-order valence-corrected chi connectivity index (χ1v) is 5.99. The molecule has 0 aromatic heterocycles. The second kappa shape index (κ2) is 3.82. The number of hydrogen-bond donors (Lipinski definition) is 0. The Kier molecular flexibility index (Phi) is 2.71. The van der Waals surface area contributed by atoms with E-state index in [-0.39, 0.29) is 0 Å². The summed E-state index contributed by atoms with van der Waals surface area (Å²) in [5.74, 6) is 0. The summed E-state index contributed by atoms with van der Waals surface area (Å²) in [4.78, 5) is 4.70. The van der Waals surface area contributed by atoms with Gasteiger partial charge in [0.15, 0.2) is 0 Å². The quantitative estimate of drug-likeness (QED) is 0.691. The van der Waals surface area contributed by atoms with Crippen LogP contribution in [0.3, 0.4) is 0 Å². The predicted octanol–water partition coefficient (Wildman–Crippen LogP) is 1.94. The van der Waals surface area contributed by atoms with E-state index < -0.39 is 0 Å². The first kappa shape index (κ1) is 9.24. The molecule has 4 heteroatoms. The predicted molar refractivity (Wildman–Crippen MR) is 65.4 cm³/mol. The van der Waals surface area contributed by atoms with E-state index >= 15 is 0 Å². The van der Waals surface area contributed by atoms with Crippen LogP contribution in [-0.2, 0) is 0 Å². The number of hydrogen-bond acceptors (Lipinski definition) is 2. The maximum absolute atomic E-state index is 2.77. The van der Waals surface area contributed by atoms with Gasteiger partial charge in [-0.05, 0) is 12.1 Å². The lowest BCUT2D eigenvalue weighted by Crippen LogP contribution is -2.28. The lowest BCUT2D eigenvalue weighted by atomic mass is 10.3. The summed E-state index contributed by atoms with van der Waals surface area (Å²) in [6, 6.07) is 8.55. The average Bonchev–Trinajstić information content (AvgIpc) is 2.56. The second-order valence-electron chi connectivity index (χ2n) is 3.07. The molecule has 1 heterocycles. The van der Waals surface area contributed by atoms with Crippen LogP contribution in [0.25, 0.3) is 0 Å². The molecule has 70 valence electrons. The van der Waals surface area contributed by atoms with Crippen molar-refractivity contribution in [3.05, 3.63) is 24.3 Å². The number of rotatable bonds is 2. The molecule has 0 spiro atoms. The van der Waals surface area contributed by atoms with Crippen molar-refractivity contribution < 1.29 is 0 Å². The van der Waals surface area contributed by atoms with Gasteiger partial charge in [-0.2, -0.15) is 0 Å². The molecule has 0 aliphatic carbocycles. The maximum Gasteiger partial charge on any atom is 0.0911 e. The molecule has 0 N–H and O–H groups in total. The summed E-state index contributed by atoms with van der Waals surface area (Å²) in [5, 5.41) is 0. The van der Waals surface area contributed by atoms with Crippen molar-refractivity contribution in [2.75, 3.05) is 29.0 Å². The van der Waals surface area contributed by atoms with E-state index in [4.69, 9.17) is 0 Å². The van der Waals surface area contributed by atoms with Gasteiger partial charge in [-0.15, -0.1) is 18.5 Å². The Labute approximate surface area is 83.7 Å². The van der Waals surface area contributed by atoms with Crippen LogP contribution < -0.4 is 9.80 Å². The smallest absolute Gasteiger partial charge is 0.0911 e. The molecule has 1 aliphatic heterocycles. The molecular formula is C9H14N2P2. The minimum Gasteiger partial charge on any atom is -0.349 e. The van der Waals surface area contributed by atoms with E-state index in [1.165, 1.54) is 11.4 Å². The highest BCUT2D eigenvalue weighted by atomic mass is 31.0. The normalized spacial score (nSPS) is 14.9. The Balaban J connectivity index is 2.38. The van der Waals surface area contributed by atoms with E-state index in [0.29, 0.717) is 0 Å². The van der Waals surface area contributed by atoms with Crippen molar-refractivity contribution in [1.82, 2.24) is 0 Å². The monoisotopic (exact) mass is 212 g/mol. The van der Waals surface area contributed by atoms with Gasteiger partial charge in [0.05, 0.1) is 18.0 Å². The molecule has 0 saturated heterocycles. The van der Waals surface area contributed by atoms with Crippen LogP contribution in [0, 0.1) is 0 Å². The molecule has 1 aromatic rings. The van der Waals surface area contributed by atoms with E-state index in [1.807, 2.05) is 0 Å². The largest absolute Gasteiger partial charge is 0.349 e. The minimum atomic E-state index is 0.998. The third-order valence-corrected chi connectivity index (χ3v) is 3.23. The van der Waals surface area contributed by atoms with Gasteiger partial charge in [-0.1, -0.05) is 12.1 Å². The zero-order chi connectivity index (χ0) is 9.26. The van der Waals surface area contributed by atoms with Crippen LogP contribution in [0.1, 0.15) is 0 Å². The summed E-state index contributed by atoms with van der Waals surface area (Å²) >= 11 is 0. The van der Waals surface area contributed by atoms with Gasteiger partial charge in [0, 0.05) is 12.6 Å². The van der Waals surface area contributed by atoms with Gasteiger partial charge in [-0.25, -0.2) is 0 Å². The third kappa shape index (κ3) is 1.54. The summed E-state index contributed by atoms with van der Waals surface area (Å²) in [6.07, 6.45) is 2.00. The Morgan fingerprint density at radius 2 is 1.46 bits per heavy atom. The summed E-state index contributed by atoms with van der Waals surface area (Å²) < 4.78 is 0. The molecule has 13 heavy (non-hydrogen) atoms. The lowest BCUT2D eigenvalue weighted by molar-refractivity contribution is 0.889. The zero-order valence-corrected chi connectivity index (χ0v) is 9.79. The number of anilines is 2. The highest BCUT2D eigenvalue weighted by molar-refractivity contribution is 7.16. The number of nitrogens with zero attached hydrogens (tertiary/aromatic N) is 2. The average molecular weight is 212 g/mol. The topological polar surface area (TPSA) is 6.48 Å². The van der Waals surface area contributed by atoms with Crippen molar-refractivity contribution in [2.24, 2.45) is 0 Å². The van der Waals surface area contributed by atoms with Gasteiger partial charge < -0.3 is 9.80 Å². The van der Waals surface area contributed by atoms with Crippen molar-refractivity contribution >= 4 is 29.9 Å². The SMILES string of the molecule is PCN1CN(CP)c2ccccc21. The second-order valence-corrected chi connectivity index (χ2v) is 3.81. The first-order valence-electron chi connectivity index (χ1n) is 4.36. The van der Waals surface area contributed by atoms with Crippen molar-refractivity contribution in [2.45, 2.75) is 0 Å². The first-order chi connectivity index (χ1) is 6.36. The minimum absolute atomic E-state index is 0.998. The van der Waals surface area contributed by atoms with E-state index in [2.05, 4.69) is 52.5 Å². The Hall–Kier alpha value is -0.320. The lowest BCUT2D eigenvalue weighted by Gasteiger charge is -2.18. The Morgan fingerprint density at radius 3 is 1.85 bits per heavy atom. The van der Waals surface area contributed by atoms with Gasteiger partial charge >= 0.3 is 0 Å².